The van der Waals surface area contributed by atoms with Gasteiger partial charge in [0.1, 0.15) is 6.61 Å². The van der Waals surface area contributed by atoms with E-state index in [4.69, 9.17) is 5.11 Å². The van der Waals surface area contributed by atoms with Crippen LogP contribution in [0.3, 0.4) is 0 Å². The van der Waals surface area contributed by atoms with Crippen LogP contribution in [0.15, 0.2) is 5.16 Å². The first-order valence-electron chi connectivity index (χ1n) is 3.50. The highest BCUT2D eigenvalue weighted by atomic mass is 16.6. The monoisotopic (exact) mass is 159 g/mol. The van der Waals surface area contributed by atoms with Crippen molar-refractivity contribution in [2.75, 3.05) is 6.61 Å². The molecule has 0 bridgehead atoms. The zero-order valence-corrected chi connectivity index (χ0v) is 6.78. The van der Waals surface area contributed by atoms with E-state index in [2.05, 4.69) is 9.99 Å². The fraction of sp³-hybridized carbons (Fsp3) is 0.714. The third kappa shape index (κ3) is 8.94. The smallest absolute Gasteiger partial charge is 0.306 e. The Morgan fingerprint density at radius 1 is 1.73 bits per heavy atom. The maximum absolute atomic E-state index is 9.96. The van der Waals surface area contributed by atoms with E-state index in [0.717, 1.165) is 0 Å². The topological polar surface area (TPSA) is 58.9 Å². The van der Waals surface area contributed by atoms with Gasteiger partial charge in [0, 0.05) is 6.21 Å². The molecule has 1 N–H and O–H groups in total. The predicted octanol–water partition coefficient (Wildman–Crippen LogP) is 1.12. The van der Waals surface area contributed by atoms with Crippen molar-refractivity contribution in [3.8, 4) is 0 Å². The van der Waals surface area contributed by atoms with E-state index < -0.39 is 5.97 Å². The van der Waals surface area contributed by atoms with Crippen molar-refractivity contribution < 1.29 is 14.7 Å². The summed E-state index contributed by atoms with van der Waals surface area (Å²) in [5.74, 6) is -0.537. The summed E-state index contributed by atoms with van der Waals surface area (Å²) in [6, 6.07) is 0. The highest BCUT2D eigenvalue weighted by Crippen LogP contribution is 1.87. The van der Waals surface area contributed by atoms with Crippen molar-refractivity contribution in [1.82, 2.24) is 0 Å². The minimum atomic E-state index is -0.871. The van der Waals surface area contributed by atoms with Gasteiger partial charge in [-0.15, -0.1) is 0 Å². The van der Waals surface area contributed by atoms with Crippen LogP contribution < -0.4 is 0 Å². The third-order valence-corrected chi connectivity index (χ3v) is 0.841. The lowest BCUT2D eigenvalue weighted by Crippen LogP contribution is -2.00. The van der Waals surface area contributed by atoms with Crippen LogP contribution in [0.1, 0.15) is 20.3 Å². The summed E-state index contributed by atoms with van der Waals surface area (Å²) in [5.41, 5.74) is 0. The molecule has 0 spiro atoms. The van der Waals surface area contributed by atoms with Gasteiger partial charge >= 0.3 is 5.97 Å². The molecule has 0 aromatic heterocycles. The van der Waals surface area contributed by atoms with E-state index in [1.165, 1.54) is 0 Å². The van der Waals surface area contributed by atoms with Gasteiger partial charge in [-0.3, -0.25) is 4.79 Å². The van der Waals surface area contributed by atoms with Gasteiger partial charge in [0.05, 0.1) is 6.42 Å². The maximum Gasteiger partial charge on any atom is 0.306 e. The lowest BCUT2D eigenvalue weighted by molar-refractivity contribution is -0.138. The van der Waals surface area contributed by atoms with Crippen molar-refractivity contribution >= 4 is 12.2 Å². The second-order valence-electron chi connectivity index (χ2n) is 2.48. The Hall–Kier alpha value is -1.06. The lowest BCUT2D eigenvalue weighted by Gasteiger charge is -1.95. The normalized spacial score (nSPS) is 10.8. The zero-order valence-electron chi connectivity index (χ0n) is 6.78. The highest BCUT2D eigenvalue weighted by Gasteiger charge is 1.94. The van der Waals surface area contributed by atoms with E-state index in [1.54, 1.807) is 6.21 Å². The van der Waals surface area contributed by atoms with Crippen molar-refractivity contribution in [3.63, 3.8) is 0 Å². The van der Waals surface area contributed by atoms with Gasteiger partial charge in [0.15, 0.2) is 0 Å². The van der Waals surface area contributed by atoms with Crippen LogP contribution in [0.25, 0.3) is 0 Å². The molecule has 0 amide bonds. The molecule has 0 rings (SSSR count). The van der Waals surface area contributed by atoms with E-state index in [0.29, 0.717) is 5.92 Å². The van der Waals surface area contributed by atoms with Crippen molar-refractivity contribution in [2.24, 2.45) is 11.1 Å². The van der Waals surface area contributed by atoms with Crippen LogP contribution in [0, 0.1) is 5.92 Å². The average Bonchev–Trinajstić information content (AvgIpc) is 1.85. The quantitative estimate of drug-likeness (QED) is 0.371. The summed E-state index contributed by atoms with van der Waals surface area (Å²) in [7, 11) is 0. The van der Waals surface area contributed by atoms with Gasteiger partial charge in [-0.2, -0.15) is 0 Å². The summed E-state index contributed by atoms with van der Waals surface area (Å²) in [4.78, 5) is 14.6. The molecule has 0 aliphatic heterocycles. The number of hydrogen-bond donors (Lipinski definition) is 1. The summed E-state index contributed by atoms with van der Waals surface area (Å²) < 4.78 is 0. The third-order valence-electron chi connectivity index (χ3n) is 0.841. The molecule has 0 saturated heterocycles. The van der Waals surface area contributed by atoms with Gasteiger partial charge in [-0.25, -0.2) is 0 Å². The number of oxime groups is 1. The molecule has 0 aliphatic carbocycles. The van der Waals surface area contributed by atoms with Gasteiger partial charge in [0.25, 0.3) is 0 Å². The van der Waals surface area contributed by atoms with Crippen molar-refractivity contribution in [3.05, 3.63) is 0 Å². The molecule has 0 aliphatic rings. The van der Waals surface area contributed by atoms with E-state index in [9.17, 15) is 4.79 Å². The standard InChI is InChI=1S/C7H13NO3/c1-6(2)5-8-11-4-3-7(9)10/h5-6H,3-4H2,1-2H3,(H,9,10)/b8-5+. The number of carboxylic acids is 1. The lowest BCUT2D eigenvalue weighted by atomic mass is 10.3. The molecule has 0 unspecified atom stereocenters. The SMILES string of the molecule is CC(C)/C=N/OCCC(=O)O. The Morgan fingerprint density at radius 2 is 2.36 bits per heavy atom. The van der Waals surface area contributed by atoms with Crippen LogP contribution >= 0.6 is 0 Å². The molecule has 0 fully saturated rings. The molecule has 64 valence electrons. The Bertz CT molecular complexity index is 143. The Balaban J connectivity index is 3.20. The van der Waals surface area contributed by atoms with Gasteiger partial charge in [-0.1, -0.05) is 19.0 Å². The van der Waals surface area contributed by atoms with Crippen molar-refractivity contribution in [1.29, 1.82) is 0 Å². The number of rotatable bonds is 5. The fourth-order valence-electron chi connectivity index (χ4n) is 0.350. The second-order valence-corrected chi connectivity index (χ2v) is 2.48. The first-order chi connectivity index (χ1) is 5.13. The molecule has 0 aromatic rings. The van der Waals surface area contributed by atoms with Gasteiger partial charge in [0.2, 0.25) is 0 Å². The number of aliphatic carboxylic acids is 1. The summed E-state index contributed by atoms with van der Waals surface area (Å²) in [6.07, 6.45) is 1.62. The largest absolute Gasteiger partial charge is 0.481 e. The van der Waals surface area contributed by atoms with Gasteiger partial charge < -0.3 is 9.94 Å². The molecular formula is C7H13NO3. The van der Waals surface area contributed by atoms with Crippen LogP contribution in [0.2, 0.25) is 0 Å². The summed E-state index contributed by atoms with van der Waals surface area (Å²) >= 11 is 0. The molecule has 0 atom stereocenters. The van der Waals surface area contributed by atoms with Crippen LogP contribution in [-0.2, 0) is 9.63 Å². The second kappa shape index (κ2) is 5.70. The number of carbonyl (C=O) groups is 1. The predicted molar refractivity (Wildman–Crippen MR) is 41.5 cm³/mol. The molecular weight excluding hydrogens is 146 g/mol. The maximum atomic E-state index is 9.96. The Kier molecular flexibility index (Phi) is 5.15. The van der Waals surface area contributed by atoms with E-state index in [1.807, 2.05) is 13.8 Å². The molecule has 4 heteroatoms. The first-order valence-corrected chi connectivity index (χ1v) is 3.50. The molecule has 11 heavy (non-hydrogen) atoms. The average molecular weight is 159 g/mol. The summed E-state index contributed by atoms with van der Waals surface area (Å²) in [5, 5.41) is 11.7. The van der Waals surface area contributed by atoms with E-state index >= 15 is 0 Å². The fourth-order valence-corrected chi connectivity index (χ4v) is 0.350. The number of hydrogen-bond acceptors (Lipinski definition) is 3. The van der Waals surface area contributed by atoms with Gasteiger partial charge in [-0.05, 0) is 5.92 Å². The molecule has 0 heterocycles. The Morgan fingerprint density at radius 3 is 2.82 bits per heavy atom. The zero-order chi connectivity index (χ0) is 8.69. The Labute approximate surface area is 65.8 Å². The minimum Gasteiger partial charge on any atom is -0.481 e. The van der Waals surface area contributed by atoms with Crippen molar-refractivity contribution in [2.45, 2.75) is 20.3 Å². The molecule has 4 nitrogen and oxygen atoms in total. The molecule has 0 aromatic carbocycles. The minimum absolute atomic E-state index is 0.00453. The number of nitrogens with zero attached hydrogens (tertiary/aromatic N) is 1. The number of carboxylic acid groups (broad SMARTS) is 1. The van der Waals surface area contributed by atoms with Crippen LogP contribution in [0.4, 0.5) is 0 Å². The summed E-state index contributed by atoms with van der Waals surface area (Å²) in [6.45, 7) is 4.06. The molecule has 0 saturated carbocycles. The highest BCUT2D eigenvalue weighted by molar-refractivity contribution is 5.66. The first kappa shape index (κ1) is 9.94. The van der Waals surface area contributed by atoms with Crippen LogP contribution in [-0.4, -0.2) is 23.9 Å². The van der Waals surface area contributed by atoms with Crippen LogP contribution in [0.5, 0.6) is 0 Å². The molecule has 0 radical (unpaired) electrons. The van der Waals surface area contributed by atoms with E-state index in [-0.39, 0.29) is 13.0 Å².